The van der Waals surface area contributed by atoms with Crippen molar-refractivity contribution in [2.75, 3.05) is 13.6 Å². The molecule has 0 heterocycles. The predicted octanol–water partition coefficient (Wildman–Crippen LogP) is 1.49. The number of rotatable bonds is 5. The van der Waals surface area contributed by atoms with E-state index in [0.29, 0.717) is 11.1 Å². The molecule has 21 heavy (non-hydrogen) atoms. The van der Waals surface area contributed by atoms with Gasteiger partial charge >= 0.3 is 0 Å². The van der Waals surface area contributed by atoms with E-state index in [4.69, 9.17) is 0 Å². The van der Waals surface area contributed by atoms with Crippen molar-refractivity contribution >= 4 is 15.9 Å². The Morgan fingerprint density at radius 3 is 2.14 bits per heavy atom. The maximum Gasteiger partial charge on any atom is 0.241 e. The highest BCUT2D eigenvalue weighted by Crippen LogP contribution is 2.22. The lowest BCUT2D eigenvalue weighted by molar-refractivity contribution is -0.128. The van der Waals surface area contributed by atoms with Gasteiger partial charge in [-0.15, -0.1) is 0 Å². The fourth-order valence-electron chi connectivity index (χ4n) is 2.09. The lowest BCUT2D eigenvalue weighted by Crippen LogP contribution is -2.43. The molecular weight excluding hydrogens is 295 g/mol. The van der Waals surface area contributed by atoms with Crippen molar-refractivity contribution in [2.24, 2.45) is 5.41 Å². The molecule has 2 N–H and O–H groups in total. The normalized spacial score (nSPS) is 12.3. The van der Waals surface area contributed by atoms with Crippen LogP contribution < -0.4 is 10.0 Å². The zero-order chi connectivity index (χ0) is 16.4. The van der Waals surface area contributed by atoms with Gasteiger partial charge in [-0.3, -0.25) is 4.79 Å². The van der Waals surface area contributed by atoms with E-state index in [9.17, 15) is 17.6 Å². The van der Waals surface area contributed by atoms with E-state index in [1.165, 1.54) is 33.0 Å². The Morgan fingerprint density at radius 1 is 1.24 bits per heavy atom. The van der Waals surface area contributed by atoms with Crippen LogP contribution in [0.3, 0.4) is 0 Å². The Labute approximate surface area is 125 Å². The largest absolute Gasteiger partial charge is 0.359 e. The average Bonchev–Trinajstić information content (AvgIpc) is 2.34. The Balaban J connectivity index is 3.07. The summed E-state index contributed by atoms with van der Waals surface area (Å²) < 4.78 is 40.4. The minimum atomic E-state index is -3.81. The smallest absolute Gasteiger partial charge is 0.241 e. The highest BCUT2D eigenvalue weighted by Gasteiger charge is 2.30. The van der Waals surface area contributed by atoms with Gasteiger partial charge in [-0.05, 0) is 51.0 Å². The SMILES string of the molecule is CNC(=O)C(C)(C)CNS(=O)(=O)c1c(C)cc(F)cc1C. The molecule has 0 radical (unpaired) electrons. The highest BCUT2D eigenvalue weighted by molar-refractivity contribution is 7.89. The topological polar surface area (TPSA) is 75.3 Å². The summed E-state index contributed by atoms with van der Waals surface area (Å²) in [6.07, 6.45) is 0. The van der Waals surface area contributed by atoms with Crippen LogP contribution in [0.4, 0.5) is 4.39 Å². The molecule has 0 saturated heterocycles. The molecule has 0 atom stereocenters. The fraction of sp³-hybridized carbons (Fsp3) is 0.500. The van der Waals surface area contributed by atoms with Gasteiger partial charge in [0.2, 0.25) is 15.9 Å². The Kier molecular flexibility index (Phi) is 5.11. The number of aryl methyl sites for hydroxylation is 2. The van der Waals surface area contributed by atoms with Gasteiger partial charge in [0.05, 0.1) is 10.3 Å². The molecule has 0 fully saturated rings. The van der Waals surface area contributed by atoms with E-state index < -0.39 is 21.3 Å². The Morgan fingerprint density at radius 2 is 1.71 bits per heavy atom. The summed E-state index contributed by atoms with van der Waals surface area (Å²) >= 11 is 0. The van der Waals surface area contributed by atoms with Crippen LogP contribution in [0.25, 0.3) is 0 Å². The molecule has 1 amide bonds. The average molecular weight is 316 g/mol. The van der Waals surface area contributed by atoms with Gasteiger partial charge < -0.3 is 5.32 Å². The quantitative estimate of drug-likeness (QED) is 0.864. The number of nitrogens with one attached hydrogen (secondary N) is 2. The summed E-state index contributed by atoms with van der Waals surface area (Å²) in [5, 5.41) is 2.49. The second-order valence-corrected chi connectivity index (χ2v) is 7.36. The van der Waals surface area contributed by atoms with E-state index in [2.05, 4.69) is 10.0 Å². The van der Waals surface area contributed by atoms with Crippen molar-refractivity contribution < 1.29 is 17.6 Å². The van der Waals surface area contributed by atoms with Crippen LogP contribution >= 0.6 is 0 Å². The maximum atomic E-state index is 13.3. The van der Waals surface area contributed by atoms with Crippen LogP contribution in [-0.4, -0.2) is 27.9 Å². The molecular formula is C14H21FN2O3S. The molecule has 0 bridgehead atoms. The van der Waals surface area contributed by atoms with E-state index in [1.807, 2.05) is 0 Å². The number of halogens is 1. The number of benzene rings is 1. The molecule has 118 valence electrons. The predicted molar refractivity (Wildman–Crippen MR) is 78.9 cm³/mol. The van der Waals surface area contributed by atoms with Gasteiger partial charge in [0, 0.05) is 13.6 Å². The van der Waals surface area contributed by atoms with Gasteiger partial charge in [-0.1, -0.05) is 0 Å². The van der Waals surface area contributed by atoms with Crippen molar-refractivity contribution in [2.45, 2.75) is 32.6 Å². The molecule has 5 nitrogen and oxygen atoms in total. The molecule has 0 aliphatic carbocycles. The monoisotopic (exact) mass is 316 g/mol. The molecule has 7 heteroatoms. The molecule has 1 aromatic carbocycles. The molecule has 1 rings (SSSR count). The molecule has 1 aromatic rings. The van der Waals surface area contributed by atoms with Gasteiger partial charge in [-0.25, -0.2) is 17.5 Å². The first-order valence-electron chi connectivity index (χ1n) is 6.50. The second kappa shape index (κ2) is 6.11. The third-order valence-electron chi connectivity index (χ3n) is 3.24. The van der Waals surface area contributed by atoms with Crippen molar-refractivity contribution in [1.29, 1.82) is 0 Å². The number of sulfonamides is 1. The maximum absolute atomic E-state index is 13.3. The minimum Gasteiger partial charge on any atom is -0.359 e. The first kappa shape index (κ1) is 17.6. The van der Waals surface area contributed by atoms with Crippen LogP contribution in [0, 0.1) is 25.1 Å². The van der Waals surface area contributed by atoms with Crippen LogP contribution in [0.5, 0.6) is 0 Å². The summed E-state index contributed by atoms with van der Waals surface area (Å²) in [5.74, 6) is -0.743. The Bertz CT molecular complexity index is 631. The van der Waals surface area contributed by atoms with E-state index in [1.54, 1.807) is 13.8 Å². The first-order valence-corrected chi connectivity index (χ1v) is 7.98. The number of carbonyl (C=O) groups excluding carboxylic acids is 1. The standard InChI is InChI=1S/C14H21FN2O3S/c1-9-6-11(15)7-10(2)12(9)21(19,20)17-8-14(3,4)13(18)16-5/h6-7,17H,8H2,1-5H3,(H,16,18). The lowest BCUT2D eigenvalue weighted by atomic mass is 9.93. The van der Waals surface area contributed by atoms with E-state index in [-0.39, 0.29) is 17.3 Å². The second-order valence-electron chi connectivity index (χ2n) is 5.66. The number of hydrogen-bond donors (Lipinski definition) is 2. The summed E-state index contributed by atoms with van der Waals surface area (Å²) in [4.78, 5) is 11.7. The van der Waals surface area contributed by atoms with Gasteiger partial charge in [0.25, 0.3) is 0 Å². The van der Waals surface area contributed by atoms with Crippen LogP contribution in [0.15, 0.2) is 17.0 Å². The molecule has 0 saturated carbocycles. The van der Waals surface area contributed by atoms with Gasteiger partial charge in [0.15, 0.2) is 0 Å². The zero-order valence-electron chi connectivity index (χ0n) is 12.9. The molecule has 0 aliphatic heterocycles. The number of hydrogen-bond acceptors (Lipinski definition) is 3. The minimum absolute atomic E-state index is 0.0503. The molecule has 0 spiro atoms. The van der Waals surface area contributed by atoms with Crippen LogP contribution in [-0.2, 0) is 14.8 Å². The molecule has 0 unspecified atom stereocenters. The number of amides is 1. The van der Waals surface area contributed by atoms with Crippen LogP contribution in [0.2, 0.25) is 0 Å². The molecule has 0 aromatic heterocycles. The zero-order valence-corrected chi connectivity index (χ0v) is 13.7. The third kappa shape index (κ3) is 4.01. The van der Waals surface area contributed by atoms with Crippen molar-refractivity contribution in [3.8, 4) is 0 Å². The van der Waals surface area contributed by atoms with Crippen molar-refractivity contribution in [3.05, 3.63) is 29.1 Å². The summed E-state index contributed by atoms with van der Waals surface area (Å²) in [7, 11) is -2.32. The summed E-state index contributed by atoms with van der Waals surface area (Å²) in [5.41, 5.74) is -0.223. The van der Waals surface area contributed by atoms with Gasteiger partial charge in [-0.2, -0.15) is 0 Å². The molecule has 0 aliphatic rings. The third-order valence-corrected chi connectivity index (χ3v) is 4.95. The number of carbonyl (C=O) groups is 1. The fourth-order valence-corrected chi connectivity index (χ4v) is 3.75. The van der Waals surface area contributed by atoms with Crippen LogP contribution in [0.1, 0.15) is 25.0 Å². The van der Waals surface area contributed by atoms with Crippen molar-refractivity contribution in [3.63, 3.8) is 0 Å². The van der Waals surface area contributed by atoms with E-state index >= 15 is 0 Å². The first-order chi connectivity index (χ1) is 9.51. The van der Waals surface area contributed by atoms with Gasteiger partial charge in [0.1, 0.15) is 5.82 Å². The Hall–Kier alpha value is -1.47. The summed E-state index contributed by atoms with van der Waals surface area (Å²) in [6, 6.07) is 2.34. The summed E-state index contributed by atoms with van der Waals surface area (Å²) in [6.45, 7) is 6.30. The highest BCUT2D eigenvalue weighted by atomic mass is 32.2. The van der Waals surface area contributed by atoms with Crippen molar-refractivity contribution in [1.82, 2.24) is 10.0 Å². The lowest BCUT2D eigenvalue weighted by Gasteiger charge is -2.23. The van der Waals surface area contributed by atoms with E-state index in [0.717, 1.165) is 0 Å².